The summed E-state index contributed by atoms with van der Waals surface area (Å²) in [4.78, 5) is 0. The van der Waals surface area contributed by atoms with Crippen LogP contribution in [0, 0.1) is 17.3 Å². The maximum atomic E-state index is 5.48. The highest BCUT2D eigenvalue weighted by atomic mass is 16.5. The lowest BCUT2D eigenvalue weighted by Crippen LogP contribution is -2.45. The number of hydrogen-bond acceptors (Lipinski definition) is 2. The molecule has 0 spiro atoms. The fourth-order valence-electron chi connectivity index (χ4n) is 2.82. The summed E-state index contributed by atoms with van der Waals surface area (Å²) in [6.45, 7) is 5.62. The largest absolute Gasteiger partial charge is 0.380 e. The topological polar surface area (TPSA) is 21.3 Å². The molecule has 2 saturated carbocycles. The Balaban J connectivity index is 1.48. The SMILES string of the molecule is CC1CCC1NCC12COCC1C2. The molecule has 2 heteroatoms. The van der Waals surface area contributed by atoms with Crippen LogP contribution < -0.4 is 5.32 Å². The molecule has 3 rings (SSSR count). The third kappa shape index (κ3) is 1.23. The summed E-state index contributed by atoms with van der Waals surface area (Å²) in [5, 5.41) is 3.71. The first-order valence-electron chi connectivity index (χ1n) is 5.61. The molecule has 1 N–H and O–H groups in total. The van der Waals surface area contributed by atoms with Crippen LogP contribution in [0.15, 0.2) is 0 Å². The molecule has 4 unspecified atom stereocenters. The molecule has 13 heavy (non-hydrogen) atoms. The van der Waals surface area contributed by atoms with Crippen molar-refractivity contribution in [2.75, 3.05) is 19.8 Å². The molecule has 2 nitrogen and oxygen atoms in total. The van der Waals surface area contributed by atoms with Gasteiger partial charge >= 0.3 is 0 Å². The molecule has 3 fully saturated rings. The quantitative estimate of drug-likeness (QED) is 0.711. The van der Waals surface area contributed by atoms with Gasteiger partial charge in [-0.15, -0.1) is 0 Å². The van der Waals surface area contributed by atoms with Crippen molar-refractivity contribution in [1.29, 1.82) is 0 Å². The van der Waals surface area contributed by atoms with E-state index in [4.69, 9.17) is 4.74 Å². The molecule has 0 bridgehead atoms. The van der Waals surface area contributed by atoms with Gasteiger partial charge in [0.2, 0.25) is 0 Å². The van der Waals surface area contributed by atoms with Crippen LogP contribution in [0.4, 0.5) is 0 Å². The zero-order valence-electron chi connectivity index (χ0n) is 8.38. The Morgan fingerprint density at radius 1 is 1.46 bits per heavy atom. The zero-order valence-corrected chi connectivity index (χ0v) is 8.38. The van der Waals surface area contributed by atoms with E-state index < -0.39 is 0 Å². The van der Waals surface area contributed by atoms with Gasteiger partial charge in [0.15, 0.2) is 0 Å². The molecule has 1 aliphatic heterocycles. The van der Waals surface area contributed by atoms with Crippen LogP contribution in [-0.4, -0.2) is 25.8 Å². The first-order chi connectivity index (χ1) is 6.30. The number of fused-ring (bicyclic) bond motifs is 1. The lowest BCUT2D eigenvalue weighted by Gasteiger charge is -2.35. The Kier molecular flexibility index (Phi) is 1.72. The van der Waals surface area contributed by atoms with Crippen LogP contribution >= 0.6 is 0 Å². The van der Waals surface area contributed by atoms with Crippen molar-refractivity contribution in [2.24, 2.45) is 17.3 Å². The van der Waals surface area contributed by atoms with Gasteiger partial charge in [-0.1, -0.05) is 6.92 Å². The van der Waals surface area contributed by atoms with Gasteiger partial charge in [-0.2, -0.15) is 0 Å². The van der Waals surface area contributed by atoms with Gasteiger partial charge in [-0.05, 0) is 31.1 Å². The van der Waals surface area contributed by atoms with Crippen molar-refractivity contribution < 1.29 is 4.74 Å². The molecule has 74 valence electrons. The number of ether oxygens (including phenoxy) is 1. The predicted molar refractivity (Wildman–Crippen MR) is 51.5 cm³/mol. The third-order valence-corrected chi connectivity index (χ3v) is 4.40. The van der Waals surface area contributed by atoms with Gasteiger partial charge in [0.25, 0.3) is 0 Å². The molecule has 0 aromatic heterocycles. The van der Waals surface area contributed by atoms with Crippen molar-refractivity contribution in [2.45, 2.75) is 32.2 Å². The van der Waals surface area contributed by atoms with E-state index in [0.29, 0.717) is 5.41 Å². The highest BCUT2D eigenvalue weighted by Crippen LogP contribution is 2.56. The second-order valence-electron chi connectivity index (χ2n) is 5.32. The van der Waals surface area contributed by atoms with E-state index in [1.807, 2.05) is 0 Å². The molecule has 0 aromatic rings. The van der Waals surface area contributed by atoms with Crippen molar-refractivity contribution in [3.05, 3.63) is 0 Å². The van der Waals surface area contributed by atoms with Gasteiger partial charge in [-0.25, -0.2) is 0 Å². The number of rotatable bonds is 3. The molecule has 4 atom stereocenters. The average Bonchev–Trinajstić information content (AvgIpc) is 2.66. The minimum Gasteiger partial charge on any atom is -0.380 e. The Morgan fingerprint density at radius 2 is 2.38 bits per heavy atom. The summed E-state index contributed by atoms with van der Waals surface area (Å²) < 4.78 is 5.48. The van der Waals surface area contributed by atoms with E-state index in [0.717, 1.165) is 31.1 Å². The van der Waals surface area contributed by atoms with Crippen LogP contribution in [-0.2, 0) is 4.74 Å². The van der Waals surface area contributed by atoms with E-state index in [1.54, 1.807) is 0 Å². The van der Waals surface area contributed by atoms with Crippen LogP contribution in [0.5, 0.6) is 0 Å². The smallest absolute Gasteiger partial charge is 0.0538 e. The fraction of sp³-hybridized carbons (Fsp3) is 1.00. The maximum absolute atomic E-state index is 5.48. The summed E-state index contributed by atoms with van der Waals surface area (Å²) in [5.74, 6) is 1.81. The van der Waals surface area contributed by atoms with E-state index in [-0.39, 0.29) is 0 Å². The first kappa shape index (κ1) is 8.25. The van der Waals surface area contributed by atoms with Crippen LogP contribution in [0.2, 0.25) is 0 Å². The molecule has 2 aliphatic carbocycles. The number of hydrogen-bond donors (Lipinski definition) is 1. The van der Waals surface area contributed by atoms with Crippen molar-refractivity contribution in [3.63, 3.8) is 0 Å². The van der Waals surface area contributed by atoms with Crippen molar-refractivity contribution in [1.82, 2.24) is 5.32 Å². The zero-order chi connectivity index (χ0) is 8.89. The standard InChI is InChI=1S/C11H19NO/c1-8-2-3-10(8)12-6-11-4-9(11)5-13-7-11/h8-10,12H,2-7H2,1H3. The van der Waals surface area contributed by atoms with Gasteiger partial charge in [-0.3, -0.25) is 0 Å². The average molecular weight is 181 g/mol. The lowest BCUT2D eigenvalue weighted by molar-refractivity contribution is 0.139. The monoisotopic (exact) mass is 181 g/mol. The van der Waals surface area contributed by atoms with Crippen LogP contribution in [0.3, 0.4) is 0 Å². The van der Waals surface area contributed by atoms with Gasteiger partial charge in [0.1, 0.15) is 0 Å². The summed E-state index contributed by atoms with van der Waals surface area (Å²) >= 11 is 0. The highest BCUT2D eigenvalue weighted by Gasteiger charge is 2.58. The summed E-state index contributed by atoms with van der Waals surface area (Å²) in [6.07, 6.45) is 4.23. The van der Waals surface area contributed by atoms with Crippen molar-refractivity contribution >= 4 is 0 Å². The lowest BCUT2D eigenvalue weighted by atomic mass is 9.81. The van der Waals surface area contributed by atoms with E-state index >= 15 is 0 Å². The Labute approximate surface area is 80.0 Å². The molecule has 0 aromatic carbocycles. The Hall–Kier alpha value is -0.0800. The second kappa shape index (κ2) is 2.71. The normalized spacial score (nSPS) is 52.8. The molecular weight excluding hydrogens is 162 g/mol. The predicted octanol–water partition coefficient (Wildman–Crippen LogP) is 1.41. The van der Waals surface area contributed by atoms with E-state index in [2.05, 4.69) is 12.2 Å². The summed E-state index contributed by atoms with van der Waals surface area (Å²) in [7, 11) is 0. The molecule has 0 amide bonds. The van der Waals surface area contributed by atoms with E-state index in [1.165, 1.54) is 25.8 Å². The fourth-order valence-corrected chi connectivity index (χ4v) is 2.82. The minimum absolute atomic E-state index is 0.579. The van der Waals surface area contributed by atoms with Crippen LogP contribution in [0.25, 0.3) is 0 Å². The highest BCUT2D eigenvalue weighted by molar-refractivity contribution is 5.07. The summed E-state index contributed by atoms with van der Waals surface area (Å²) in [6, 6.07) is 0.816. The molecule has 3 aliphatic rings. The van der Waals surface area contributed by atoms with Gasteiger partial charge in [0.05, 0.1) is 13.2 Å². The minimum atomic E-state index is 0.579. The van der Waals surface area contributed by atoms with Gasteiger partial charge in [0, 0.05) is 18.0 Å². The van der Waals surface area contributed by atoms with Gasteiger partial charge < -0.3 is 10.1 Å². The molecule has 1 heterocycles. The molecule has 0 radical (unpaired) electrons. The third-order valence-electron chi connectivity index (χ3n) is 4.40. The first-order valence-corrected chi connectivity index (χ1v) is 5.61. The Morgan fingerprint density at radius 3 is 2.85 bits per heavy atom. The Bertz CT molecular complexity index is 218. The second-order valence-corrected chi connectivity index (χ2v) is 5.32. The summed E-state index contributed by atoms with van der Waals surface area (Å²) in [5.41, 5.74) is 0.579. The maximum Gasteiger partial charge on any atom is 0.0538 e. The molecule has 1 saturated heterocycles. The van der Waals surface area contributed by atoms with E-state index in [9.17, 15) is 0 Å². The number of nitrogens with one attached hydrogen (secondary N) is 1. The van der Waals surface area contributed by atoms with Crippen molar-refractivity contribution in [3.8, 4) is 0 Å². The molecular formula is C11H19NO. The van der Waals surface area contributed by atoms with Crippen LogP contribution in [0.1, 0.15) is 26.2 Å².